The molecule has 2 N–H and O–H groups in total. The molecule has 18 heavy (non-hydrogen) atoms. The molecule has 1 heterocycles. The van der Waals surface area contributed by atoms with Crippen LogP contribution in [0.2, 0.25) is 0 Å². The van der Waals surface area contributed by atoms with Crippen molar-refractivity contribution in [1.82, 2.24) is 10.2 Å². The van der Waals surface area contributed by atoms with Crippen LogP contribution >= 0.6 is 0 Å². The van der Waals surface area contributed by atoms with Gasteiger partial charge < -0.3 is 10.4 Å². The van der Waals surface area contributed by atoms with E-state index >= 15 is 0 Å². The van der Waals surface area contributed by atoms with E-state index in [4.69, 9.17) is 10.4 Å². The second kappa shape index (κ2) is 9.32. The fourth-order valence-corrected chi connectivity index (χ4v) is 2.77. The summed E-state index contributed by atoms with van der Waals surface area (Å²) >= 11 is 0. The van der Waals surface area contributed by atoms with Gasteiger partial charge in [0.2, 0.25) is 0 Å². The molecule has 0 aromatic rings. The molecule has 0 amide bonds. The number of hydrogen-bond acceptors (Lipinski definition) is 4. The Morgan fingerprint density at radius 1 is 1.39 bits per heavy atom. The molecule has 4 nitrogen and oxygen atoms in total. The Bertz CT molecular complexity index is 252. The first kappa shape index (κ1) is 15.4. The number of nitriles is 1. The first-order chi connectivity index (χ1) is 8.80. The zero-order chi connectivity index (χ0) is 13.2. The fraction of sp³-hybridized carbons (Fsp3) is 0.929. The average molecular weight is 253 g/mol. The zero-order valence-electron chi connectivity index (χ0n) is 11.6. The Morgan fingerprint density at radius 3 is 2.89 bits per heavy atom. The highest BCUT2D eigenvalue weighted by atomic mass is 16.3. The monoisotopic (exact) mass is 253 g/mol. The normalized spacial score (nSPS) is 24.9. The van der Waals surface area contributed by atoms with E-state index < -0.39 is 0 Å². The zero-order valence-corrected chi connectivity index (χ0v) is 11.6. The van der Waals surface area contributed by atoms with E-state index in [0.717, 1.165) is 32.0 Å². The van der Waals surface area contributed by atoms with E-state index in [1.165, 1.54) is 25.7 Å². The smallest absolute Gasteiger partial charge is 0.0866 e. The molecular weight excluding hydrogens is 226 g/mol. The number of nitrogens with zero attached hydrogens (tertiary/aromatic N) is 2. The third-order valence-electron chi connectivity index (χ3n) is 3.64. The maximum Gasteiger partial charge on any atom is 0.0866 e. The summed E-state index contributed by atoms with van der Waals surface area (Å²) in [5.41, 5.74) is 0. The summed E-state index contributed by atoms with van der Waals surface area (Å²) in [4.78, 5) is 2.26. The largest absolute Gasteiger partial charge is 0.396 e. The average Bonchev–Trinajstić information content (AvgIpc) is 2.37. The summed E-state index contributed by atoms with van der Waals surface area (Å²) < 4.78 is 0. The Balaban J connectivity index is 2.38. The van der Waals surface area contributed by atoms with Gasteiger partial charge in [-0.2, -0.15) is 5.26 Å². The van der Waals surface area contributed by atoms with Gasteiger partial charge in [-0.1, -0.05) is 19.8 Å². The molecule has 0 saturated carbocycles. The Hall–Kier alpha value is -0.630. The van der Waals surface area contributed by atoms with E-state index in [2.05, 4.69) is 23.2 Å². The van der Waals surface area contributed by atoms with Gasteiger partial charge >= 0.3 is 0 Å². The van der Waals surface area contributed by atoms with Crippen LogP contribution in [-0.4, -0.2) is 48.8 Å². The van der Waals surface area contributed by atoms with Crippen LogP contribution in [0.5, 0.6) is 0 Å². The van der Waals surface area contributed by atoms with Gasteiger partial charge in [-0.25, -0.2) is 0 Å². The molecule has 0 radical (unpaired) electrons. The standard InChI is InChI=1S/C14H27N3O/c1-2-3-5-13-10-14(16-7-4-9-18)12-17(11-13)8-6-15/h13-14,16,18H,2-5,7-12H2,1H3. The first-order valence-corrected chi connectivity index (χ1v) is 7.23. The molecule has 0 aromatic heterocycles. The molecule has 1 aliphatic heterocycles. The van der Waals surface area contributed by atoms with Gasteiger partial charge in [0.1, 0.15) is 0 Å². The number of hydrogen-bond donors (Lipinski definition) is 2. The SMILES string of the molecule is CCCCC1CC(NCCCO)CN(CC#N)C1. The molecule has 0 spiro atoms. The number of nitrogens with one attached hydrogen (secondary N) is 1. The predicted octanol–water partition coefficient (Wildman–Crippen LogP) is 1.36. The van der Waals surface area contributed by atoms with Crippen molar-refractivity contribution in [3.8, 4) is 6.07 Å². The molecule has 2 atom stereocenters. The molecule has 2 unspecified atom stereocenters. The van der Waals surface area contributed by atoms with Crippen molar-refractivity contribution in [2.75, 3.05) is 32.8 Å². The molecule has 0 aliphatic carbocycles. The molecule has 4 heteroatoms. The summed E-state index contributed by atoms with van der Waals surface area (Å²) in [5.74, 6) is 0.721. The highest BCUT2D eigenvalue weighted by Gasteiger charge is 2.26. The van der Waals surface area contributed by atoms with E-state index in [9.17, 15) is 0 Å². The van der Waals surface area contributed by atoms with Crippen LogP contribution in [-0.2, 0) is 0 Å². The second-order valence-corrected chi connectivity index (χ2v) is 5.32. The number of likely N-dealkylation sites (tertiary alicyclic amines) is 1. The minimum atomic E-state index is 0.251. The van der Waals surface area contributed by atoms with Crippen molar-refractivity contribution in [2.45, 2.75) is 45.1 Å². The molecule has 1 saturated heterocycles. The third-order valence-corrected chi connectivity index (χ3v) is 3.64. The van der Waals surface area contributed by atoms with Crippen LogP contribution in [0, 0.1) is 17.2 Å². The van der Waals surface area contributed by atoms with Crippen molar-refractivity contribution < 1.29 is 5.11 Å². The summed E-state index contributed by atoms with van der Waals surface area (Å²) in [6, 6.07) is 2.75. The Morgan fingerprint density at radius 2 is 2.22 bits per heavy atom. The number of rotatable bonds is 8. The summed E-state index contributed by atoms with van der Waals surface area (Å²) in [6.07, 6.45) is 5.84. The lowest BCUT2D eigenvalue weighted by Gasteiger charge is -2.37. The highest BCUT2D eigenvalue weighted by molar-refractivity contribution is 4.87. The molecule has 0 bridgehead atoms. The van der Waals surface area contributed by atoms with E-state index in [0.29, 0.717) is 12.6 Å². The number of unbranched alkanes of at least 4 members (excludes halogenated alkanes) is 1. The molecule has 1 rings (SSSR count). The van der Waals surface area contributed by atoms with Crippen LogP contribution in [0.15, 0.2) is 0 Å². The topological polar surface area (TPSA) is 59.3 Å². The van der Waals surface area contributed by atoms with Crippen LogP contribution in [0.3, 0.4) is 0 Å². The minimum absolute atomic E-state index is 0.251. The van der Waals surface area contributed by atoms with Crippen LogP contribution in [0.1, 0.15) is 39.0 Å². The molecule has 0 aromatic carbocycles. The molecule has 1 aliphatic rings. The lowest BCUT2D eigenvalue weighted by molar-refractivity contribution is 0.147. The van der Waals surface area contributed by atoms with E-state index in [1.807, 2.05) is 0 Å². The lowest BCUT2D eigenvalue weighted by atomic mass is 9.90. The first-order valence-electron chi connectivity index (χ1n) is 7.23. The summed E-state index contributed by atoms with van der Waals surface area (Å²) in [5, 5.41) is 21.1. The van der Waals surface area contributed by atoms with Crippen molar-refractivity contribution in [3.63, 3.8) is 0 Å². The predicted molar refractivity (Wildman–Crippen MR) is 73.2 cm³/mol. The van der Waals surface area contributed by atoms with Gasteiger partial charge in [0, 0.05) is 25.7 Å². The van der Waals surface area contributed by atoms with Gasteiger partial charge in [0.25, 0.3) is 0 Å². The van der Waals surface area contributed by atoms with E-state index in [1.54, 1.807) is 0 Å². The van der Waals surface area contributed by atoms with Crippen molar-refractivity contribution in [1.29, 1.82) is 5.26 Å². The van der Waals surface area contributed by atoms with Crippen molar-refractivity contribution >= 4 is 0 Å². The van der Waals surface area contributed by atoms with Crippen LogP contribution < -0.4 is 5.32 Å². The van der Waals surface area contributed by atoms with Gasteiger partial charge in [0.15, 0.2) is 0 Å². The summed E-state index contributed by atoms with van der Waals surface area (Å²) in [6.45, 7) is 5.95. The van der Waals surface area contributed by atoms with Crippen molar-refractivity contribution in [2.24, 2.45) is 5.92 Å². The summed E-state index contributed by atoms with van der Waals surface area (Å²) in [7, 11) is 0. The molecule has 104 valence electrons. The fourth-order valence-electron chi connectivity index (χ4n) is 2.77. The Kier molecular flexibility index (Phi) is 7.99. The Labute approximate surface area is 111 Å². The van der Waals surface area contributed by atoms with Crippen LogP contribution in [0.25, 0.3) is 0 Å². The number of piperidine rings is 1. The maximum atomic E-state index is 8.84. The van der Waals surface area contributed by atoms with Gasteiger partial charge in [-0.15, -0.1) is 0 Å². The highest BCUT2D eigenvalue weighted by Crippen LogP contribution is 2.21. The second-order valence-electron chi connectivity index (χ2n) is 5.32. The third kappa shape index (κ3) is 5.81. The van der Waals surface area contributed by atoms with E-state index in [-0.39, 0.29) is 6.61 Å². The number of aliphatic hydroxyl groups excluding tert-OH is 1. The molecular formula is C14H27N3O. The maximum absolute atomic E-state index is 8.84. The lowest BCUT2D eigenvalue weighted by Crippen LogP contribution is -2.49. The van der Waals surface area contributed by atoms with Gasteiger partial charge in [0.05, 0.1) is 12.6 Å². The van der Waals surface area contributed by atoms with Crippen molar-refractivity contribution in [3.05, 3.63) is 0 Å². The van der Waals surface area contributed by atoms with Crippen LogP contribution in [0.4, 0.5) is 0 Å². The molecule has 1 fully saturated rings. The van der Waals surface area contributed by atoms with Gasteiger partial charge in [-0.3, -0.25) is 4.90 Å². The quantitative estimate of drug-likeness (QED) is 0.506. The minimum Gasteiger partial charge on any atom is -0.396 e. The van der Waals surface area contributed by atoms with Gasteiger partial charge in [-0.05, 0) is 31.7 Å². The number of aliphatic hydroxyl groups is 1.